The van der Waals surface area contributed by atoms with Gasteiger partial charge in [0.05, 0.1) is 23.0 Å². The molecule has 0 aliphatic carbocycles. The third-order valence-electron chi connectivity index (χ3n) is 4.95. The highest BCUT2D eigenvalue weighted by Crippen LogP contribution is 2.31. The quantitative estimate of drug-likeness (QED) is 0.423. The van der Waals surface area contributed by atoms with E-state index < -0.39 is 29.4 Å². The fourth-order valence-electron chi connectivity index (χ4n) is 3.34. The summed E-state index contributed by atoms with van der Waals surface area (Å²) in [6.07, 6.45) is -0.116. The standard InChI is InChI=1S/C23H17F4N5O2/c1-28-20(33)17-12-15(7-8-19(17)24)30-21(34)18-13-29-32(22(18)31-9-2-3-10-31)16-6-4-5-14(11-16)23(25,26)27/h2-13H,1H3,(H,28,33)(H,30,34). The van der Waals surface area contributed by atoms with Crippen molar-refractivity contribution in [2.75, 3.05) is 12.4 Å². The zero-order valence-electron chi connectivity index (χ0n) is 17.6. The number of aromatic nitrogens is 3. The summed E-state index contributed by atoms with van der Waals surface area (Å²) in [6, 6.07) is 11.4. The molecule has 0 atom stereocenters. The monoisotopic (exact) mass is 471 g/mol. The molecule has 0 saturated carbocycles. The number of carbonyl (C=O) groups is 2. The average Bonchev–Trinajstić information content (AvgIpc) is 3.49. The van der Waals surface area contributed by atoms with E-state index in [0.717, 1.165) is 18.2 Å². The Kier molecular flexibility index (Phi) is 5.93. The maximum Gasteiger partial charge on any atom is 0.416 e. The molecule has 11 heteroatoms. The average molecular weight is 471 g/mol. The first-order chi connectivity index (χ1) is 16.2. The van der Waals surface area contributed by atoms with Crippen molar-refractivity contribution in [2.45, 2.75) is 6.18 Å². The first-order valence-corrected chi connectivity index (χ1v) is 9.91. The van der Waals surface area contributed by atoms with E-state index in [0.29, 0.717) is 0 Å². The number of hydrogen-bond acceptors (Lipinski definition) is 3. The van der Waals surface area contributed by atoms with Crippen LogP contribution in [0.3, 0.4) is 0 Å². The van der Waals surface area contributed by atoms with Gasteiger partial charge in [-0.15, -0.1) is 0 Å². The lowest BCUT2D eigenvalue weighted by Crippen LogP contribution is -2.20. The normalized spacial score (nSPS) is 11.3. The predicted molar refractivity (Wildman–Crippen MR) is 116 cm³/mol. The molecule has 2 aromatic carbocycles. The molecular formula is C23H17F4N5O2. The van der Waals surface area contributed by atoms with Gasteiger partial charge in [0.2, 0.25) is 0 Å². The van der Waals surface area contributed by atoms with Crippen molar-refractivity contribution in [1.29, 1.82) is 0 Å². The van der Waals surface area contributed by atoms with Gasteiger partial charge in [-0.2, -0.15) is 18.3 Å². The van der Waals surface area contributed by atoms with E-state index >= 15 is 0 Å². The van der Waals surface area contributed by atoms with Crippen molar-refractivity contribution in [3.63, 3.8) is 0 Å². The van der Waals surface area contributed by atoms with Crippen LogP contribution in [-0.2, 0) is 6.18 Å². The largest absolute Gasteiger partial charge is 0.416 e. The molecule has 4 aromatic rings. The first kappa shape index (κ1) is 22.8. The Morgan fingerprint density at radius 1 is 0.941 bits per heavy atom. The number of amides is 2. The van der Waals surface area contributed by atoms with Crippen LogP contribution in [0.25, 0.3) is 11.5 Å². The number of anilines is 1. The summed E-state index contributed by atoms with van der Waals surface area (Å²) in [4.78, 5) is 24.9. The zero-order chi connectivity index (χ0) is 24.5. The van der Waals surface area contributed by atoms with Crippen LogP contribution in [0.4, 0.5) is 23.2 Å². The Morgan fingerprint density at radius 2 is 1.68 bits per heavy atom. The van der Waals surface area contributed by atoms with Crippen molar-refractivity contribution in [1.82, 2.24) is 19.7 Å². The van der Waals surface area contributed by atoms with Crippen LogP contribution >= 0.6 is 0 Å². The van der Waals surface area contributed by atoms with E-state index in [2.05, 4.69) is 15.7 Å². The van der Waals surface area contributed by atoms with Crippen LogP contribution in [0.1, 0.15) is 26.3 Å². The topological polar surface area (TPSA) is 81.0 Å². The molecule has 0 fully saturated rings. The lowest BCUT2D eigenvalue weighted by molar-refractivity contribution is -0.137. The molecule has 7 nitrogen and oxygen atoms in total. The second-order valence-electron chi connectivity index (χ2n) is 7.16. The minimum atomic E-state index is -4.55. The minimum absolute atomic E-state index is 0.0411. The van der Waals surface area contributed by atoms with Gasteiger partial charge in [-0.3, -0.25) is 9.59 Å². The van der Waals surface area contributed by atoms with Gasteiger partial charge in [-0.1, -0.05) is 6.07 Å². The predicted octanol–water partition coefficient (Wildman–Crippen LogP) is 4.43. The van der Waals surface area contributed by atoms with Crippen molar-refractivity contribution in [2.24, 2.45) is 0 Å². The number of nitrogens with one attached hydrogen (secondary N) is 2. The summed E-state index contributed by atoms with van der Waals surface area (Å²) in [5.41, 5.74) is -0.834. The molecule has 0 unspecified atom stereocenters. The summed E-state index contributed by atoms with van der Waals surface area (Å²) in [5, 5.41) is 9.03. The molecular weight excluding hydrogens is 454 g/mol. The Hall–Kier alpha value is -4.41. The van der Waals surface area contributed by atoms with Gasteiger partial charge in [0.1, 0.15) is 11.4 Å². The van der Waals surface area contributed by atoms with Gasteiger partial charge in [0, 0.05) is 25.1 Å². The van der Waals surface area contributed by atoms with Crippen LogP contribution in [0.2, 0.25) is 0 Å². The van der Waals surface area contributed by atoms with E-state index in [4.69, 9.17) is 0 Å². The number of halogens is 4. The Bertz CT molecular complexity index is 1360. The van der Waals surface area contributed by atoms with Gasteiger partial charge in [0.25, 0.3) is 11.8 Å². The highest BCUT2D eigenvalue weighted by molar-refractivity contribution is 6.07. The molecule has 4 rings (SSSR count). The summed E-state index contributed by atoms with van der Waals surface area (Å²) in [7, 11) is 1.35. The van der Waals surface area contributed by atoms with Crippen LogP contribution in [-0.4, -0.2) is 33.2 Å². The first-order valence-electron chi connectivity index (χ1n) is 9.91. The van der Waals surface area contributed by atoms with Crippen molar-refractivity contribution in [3.8, 4) is 11.5 Å². The summed E-state index contributed by atoms with van der Waals surface area (Å²) >= 11 is 0. The molecule has 0 aliphatic rings. The lowest BCUT2D eigenvalue weighted by Gasteiger charge is -2.13. The van der Waals surface area contributed by atoms with E-state index in [1.54, 1.807) is 24.5 Å². The van der Waals surface area contributed by atoms with Gasteiger partial charge >= 0.3 is 6.18 Å². The zero-order valence-corrected chi connectivity index (χ0v) is 17.6. The third-order valence-corrected chi connectivity index (χ3v) is 4.95. The third kappa shape index (κ3) is 4.40. The maximum atomic E-state index is 14.0. The van der Waals surface area contributed by atoms with Crippen LogP contribution < -0.4 is 10.6 Å². The van der Waals surface area contributed by atoms with Crippen molar-refractivity contribution >= 4 is 17.5 Å². The minimum Gasteiger partial charge on any atom is -0.355 e. The van der Waals surface area contributed by atoms with Gasteiger partial charge in [0.15, 0.2) is 5.82 Å². The number of alkyl halides is 3. The number of carbonyl (C=O) groups excluding carboxylic acids is 2. The molecule has 0 radical (unpaired) electrons. The molecule has 0 saturated heterocycles. The highest BCUT2D eigenvalue weighted by Gasteiger charge is 2.31. The number of benzene rings is 2. The Labute approximate surface area is 190 Å². The van der Waals surface area contributed by atoms with Crippen LogP contribution in [0, 0.1) is 5.82 Å². The lowest BCUT2D eigenvalue weighted by atomic mass is 10.1. The second-order valence-corrected chi connectivity index (χ2v) is 7.16. The SMILES string of the molecule is CNC(=O)c1cc(NC(=O)c2cnn(-c3cccc(C(F)(F)F)c3)c2-n2cccc2)ccc1F. The highest BCUT2D eigenvalue weighted by atomic mass is 19.4. The van der Waals surface area contributed by atoms with E-state index in [1.165, 1.54) is 46.8 Å². The molecule has 34 heavy (non-hydrogen) atoms. The van der Waals surface area contributed by atoms with Crippen LogP contribution in [0.5, 0.6) is 0 Å². The van der Waals surface area contributed by atoms with Crippen molar-refractivity contribution < 1.29 is 27.2 Å². The fraction of sp³-hybridized carbons (Fsp3) is 0.0870. The molecule has 0 spiro atoms. The van der Waals surface area contributed by atoms with E-state index in [9.17, 15) is 27.2 Å². The smallest absolute Gasteiger partial charge is 0.355 e. The van der Waals surface area contributed by atoms with Gasteiger partial charge in [-0.05, 0) is 48.5 Å². The van der Waals surface area contributed by atoms with E-state index in [-0.39, 0.29) is 28.3 Å². The molecule has 2 aromatic heterocycles. The summed E-state index contributed by atoms with van der Waals surface area (Å²) in [5.74, 6) is -1.89. The maximum absolute atomic E-state index is 14.0. The summed E-state index contributed by atoms with van der Waals surface area (Å²) in [6.45, 7) is 0. The molecule has 0 bridgehead atoms. The Balaban J connectivity index is 1.75. The van der Waals surface area contributed by atoms with Gasteiger partial charge in [-0.25, -0.2) is 9.07 Å². The molecule has 2 N–H and O–H groups in total. The Morgan fingerprint density at radius 3 is 2.35 bits per heavy atom. The van der Waals surface area contributed by atoms with E-state index in [1.807, 2.05) is 0 Å². The molecule has 0 aliphatic heterocycles. The molecule has 174 valence electrons. The van der Waals surface area contributed by atoms with Gasteiger partial charge < -0.3 is 15.2 Å². The number of nitrogens with zero attached hydrogens (tertiary/aromatic N) is 3. The molecule has 2 heterocycles. The number of hydrogen-bond donors (Lipinski definition) is 2. The summed E-state index contributed by atoms with van der Waals surface area (Å²) < 4.78 is 56.4. The number of rotatable bonds is 5. The fourth-order valence-corrected chi connectivity index (χ4v) is 3.34. The molecule has 2 amide bonds. The second kappa shape index (κ2) is 8.85. The van der Waals surface area contributed by atoms with Crippen LogP contribution in [0.15, 0.2) is 73.2 Å². The van der Waals surface area contributed by atoms with Crippen molar-refractivity contribution in [3.05, 3.63) is 95.7 Å².